The predicted octanol–water partition coefficient (Wildman–Crippen LogP) is 5.27. The van der Waals surface area contributed by atoms with E-state index in [4.69, 9.17) is 17.3 Å². The average molecular weight is 675 g/mol. The largest absolute Gasteiger partial charge is 0.418 e. The highest BCUT2D eigenvalue weighted by Crippen LogP contribution is 2.38. The number of hydrogen-bond acceptors (Lipinski definition) is 5. The summed E-state index contributed by atoms with van der Waals surface area (Å²) in [5, 5.41) is 2.78. The first kappa shape index (κ1) is 33.4. The van der Waals surface area contributed by atoms with Crippen LogP contribution in [-0.2, 0) is 28.6 Å². The third-order valence-corrected chi connectivity index (χ3v) is 10.6. The zero-order chi connectivity index (χ0) is 33.3. The van der Waals surface area contributed by atoms with E-state index in [-0.39, 0.29) is 47.3 Å². The van der Waals surface area contributed by atoms with Crippen LogP contribution >= 0.6 is 11.6 Å². The molecule has 47 heavy (non-hydrogen) atoms. The molecule has 4 aliphatic heterocycles. The van der Waals surface area contributed by atoms with Gasteiger partial charge in [0.05, 0.1) is 22.2 Å². The number of halogens is 4. The molecule has 3 fully saturated rings. The van der Waals surface area contributed by atoms with Gasteiger partial charge in [0.2, 0.25) is 11.8 Å². The van der Waals surface area contributed by atoms with Crippen LogP contribution in [0.3, 0.4) is 0 Å². The van der Waals surface area contributed by atoms with Gasteiger partial charge in [-0.2, -0.15) is 13.2 Å². The molecule has 0 aromatic heterocycles. The van der Waals surface area contributed by atoms with Gasteiger partial charge in [-0.05, 0) is 87.4 Å². The summed E-state index contributed by atoms with van der Waals surface area (Å²) in [6, 6.07) is 10.3. The van der Waals surface area contributed by atoms with Crippen molar-refractivity contribution in [1.82, 2.24) is 19.6 Å². The van der Waals surface area contributed by atoms with Crippen molar-refractivity contribution in [2.24, 2.45) is 5.92 Å². The second-order valence-corrected chi connectivity index (χ2v) is 13.6. The number of urea groups is 1. The lowest BCUT2D eigenvalue weighted by atomic mass is 9.91. The number of nitrogen functional groups attached to an aromatic ring is 1. The summed E-state index contributed by atoms with van der Waals surface area (Å²) in [5.74, 6) is -1.29. The van der Waals surface area contributed by atoms with Crippen molar-refractivity contribution in [2.45, 2.75) is 69.6 Å². The summed E-state index contributed by atoms with van der Waals surface area (Å²) in [6.07, 6.45) is -0.121. The van der Waals surface area contributed by atoms with E-state index in [0.717, 1.165) is 49.7 Å². The van der Waals surface area contributed by atoms with Crippen LogP contribution in [0.1, 0.15) is 55.2 Å². The average Bonchev–Trinajstić information content (AvgIpc) is 3.19. The molecular formula is C34H42ClF3N6O3. The molecule has 6 rings (SSSR count). The Labute approximate surface area is 278 Å². The fourth-order valence-electron chi connectivity index (χ4n) is 7.48. The van der Waals surface area contributed by atoms with Gasteiger partial charge in [0.15, 0.2) is 0 Å². The first-order valence-corrected chi connectivity index (χ1v) is 17.0. The van der Waals surface area contributed by atoms with Crippen LogP contribution in [0.4, 0.5) is 29.3 Å². The summed E-state index contributed by atoms with van der Waals surface area (Å²) in [5.41, 5.74) is 6.17. The van der Waals surface area contributed by atoms with E-state index in [2.05, 4.69) is 10.2 Å². The van der Waals surface area contributed by atoms with Crippen LogP contribution in [0.2, 0.25) is 5.02 Å². The lowest BCUT2D eigenvalue weighted by Gasteiger charge is -2.43. The number of carbonyl (C=O) groups is 3. The van der Waals surface area contributed by atoms with Crippen molar-refractivity contribution >= 4 is 40.8 Å². The maximum Gasteiger partial charge on any atom is 0.418 e. The molecule has 254 valence electrons. The van der Waals surface area contributed by atoms with Crippen molar-refractivity contribution in [3.63, 3.8) is 0 Å². The molecule has 0 unspecified atom stereocenters. The standard InChI is InChI=1S/C34H42ClF3N6O3/c35-28-20-22(19-27(31(28)39)34(36,37)38)18-24(32(46)43-15-7-25(8-16-43)41-11-3-12-41)21-30(45)42-13-9-26(10-14-42)44-17-6-23-4-1-2-5-29(23)40-33(44)47/h1-2,4-5,19-20,24-26H,3,6-18,21,39H2,(H,40,47)/t24-/m0/s1. The minimum Gasteiger partial charge on any atom is -0.397 e. The molecule has 3 saturated heterocycles. The van der Waals surface area contributed by atoms with E-state index in [0.29, 0.717) is 51.6 Å². The monoisotopic (exact) mass is 674 g/mol. The number of anilines is 2. The molecule has 2 aromatic rings. The zero-order valence-corrected chi connectivity index (χ0v) is 27.2. The van der Waals surface area contributed by atoms with Crippen LogP contribution in [0.15, 0.2) is 36.4 Å². The Morgan fingerprint density at radius 2 is 1.60 bits per heavy atom. The summed E-state index contributed by atoms with van der Waals surface area (Å²) in [4.78, 5) is 48.4. The zero-order valence-electron chi connectivity index (χ0n) is 26.4. The number of nitrogens with two attached hydrogens (primary N) is 1. The highest BCUT2D eigenvalue weighted by molar-refractivity contribution is 6.33. The number of fused-ring (bicyclic) bond motifs is 1. The van der Waals surface area contributed by atoms with Crippen LogP contribution in [0.5, 0.6) is 0 Å². The normalized spacial score (nSPS) is 20.7. The molecule has 4 amide bonds. The molecule has 0 saturated carbocycles. The first-order valence-electron chi connectivity index (χ1n) is 16.6. The Morgan fingerprint density at radius 3 is 2.26 bits per heavy atom. The summed E-state index contributed by atoms with van der Waals surface area (Å²) in [6.45, 7) is 4.67. The van der Waals surface area contributed by atoms with Crippen LogP contribution in [-0.4, -0.2) is 95.3 Å². The fourth-order valence-corrected chi connectivity index (χ4v) is 7.72. The van der Waals surface area contributed by atoms with Gasteiger partial charge in [0.25, 0.3) is 0 Å². The lowest BCUT2D eigenvalue weighted by Crippen LogP contribution is -2.52. The van der Waals surface area contributed by atoms with Crippen molar-refractivity contribution < 1.29 is 27.6 Å². The van der Waals surface area contributed by atoms with E-state index in [1.54, 1.807) is 9.80 Å². The summed E-state index contributed by atoms with van der Waals surface area (Å²) in [7, 11) is 0. The van der Waals surface area contributed by atoms with E-state index in [9.17, 15) is 27.6 Å². The number of piperidine rings is 2. The lowest BCUT2D eigenvalue weighted by molar-refractivity contribution is -0.143. The quantitative estimate of drug-likeness (QED) is 0.390. The number of alkyl halides is 3. The third kappa shape index (κ3) is 7.48. The van der Waals surface area contributed by atoms with Crippen molar-refractivity contribution in [3.05, 3.63) is 58.1 Å². The Hall–Kier alpha value is -3.51. The Balaban J connectivity index is 1.12. The summed E-state index contributed by atoms with van der Waals surface area (Å²) < 4.78 is 41.3. The molecule has 0 aliphatic carbocycles. The van der Waals surface area contributed by atoms with Crippen molar-refractivity contribution in [1.29, 1.82) is 0 Å². The number of likely N-dealkylation sites (tertiary alicyclic amines) is 3. The maximum absolute atomic E-state index is 13.9. The van der Waals surface area contributed by atoms with E-state index in [1.165, 1.54) is 12.5 Å². The number of para-hydroxylation sites is 1. The molecular weight excluding hydrogens is 633 g/mol. The number of hydrogen-bond donors (Lipinski definition) is 2. The molecule has 0 radical (unpaired) electrons. The van der Waals surface area contributed by atoms with E-state index < -0.39 is 23.3 Å². The Bertz CT molecular complexity index is 1490. The number of benzene rings is 2. The van der Waals surface area contributed by atoms with Crippen molar-refractivity contribution in [3.8, 4) is 0 Å². The van der Waals surface area contributed by atoms with E-state index >= 15 is 0 Å². The SMILES string of the molecule is Nc1c(Cl)cc(C[C@@H](CC(=O)N2CCC(N3CCc4ccccc4NC3=O)CC2)C(=O)N2CCC(N3CCC3)CC2)cc1C(F)(F)F. The van der Waals surface area contributed by atoms with Gasteiger partial charge in [0, 0.05) is 56.9 Å². The summed E-state index contributed by atoms with van der Waals surface area (Å²) >= 11 is 6.12. The minimum atomic E-state index is -4.71. The fraction of sp³-hybridized carbons (Fsp3) is 0.559. The smallest absolute Gasteiger partial charge is 0.397 e. The first-order chi connectivity index (χ1) is 22.5. The number of amides is 4. The molecule has 4 aliphatic rings. The van der Waals surface area contributed by atoms with Gasteiger partial charge >= 0.3 is 12.2 Å². The Morgan fingerprint density at radius 1 is 0.936 bits per heavy atom. The highest BCUT2D eigenvalue weighted by atomic mass is 35.5. The number of nitrogens with zero attached hydrogens (tertiary/aromatic N) is 4. The Kier molecular flexibility index (Phi) is 9.89. The van der Waals surface area contributed by atoms with Crippen LogP contribution in [0.25, 0.3) is 0 Å². The third-order valence-electron chi connectivity index (χ3n) is 10.3. The molecule has 4 heterocycles. The van der Waals surface area contributed by atoms with Crippen LogP contribution < -0.4 is 11.1 Å². The molecule has 2 aromatic carbocycles. The van der Waals surface area contributed by atoms with Crippen LogP contribution in [0, 0.1) is 5.92 Å². The molecule has 1 atom stereocenters. The van der Waals surface area contributed by atoms with Gasteiger partial charge in [-0.1, -0.05) is 29.8 Å². The minimum absolute atomic E-state index is 0.0313. The second-order valence-electron chi connectivity index (χ2n) is 13.2. The molecule has 0 spiro atoms. The number of carbonyl (C=O) groups excluding carboxylic acids is 3. The van der Waals surface area contributed by atoms with E-state index in [1.807, 2.05) is 29.2 Å². The number of nitrogens with one attached hydrogen (secondary N) is 1. The maximum atomic E-state index is 13.9. The van der Waals surface area contributed by atoms with Gasteiger partial charge in [0.1, 0.15) is 0 Å². The molecule has 9 nitrogen and oxygen atoms in total. The number of rotatable bonds is 7. The topological polar surface area (TPSA) is 102 Å². The van der Waals surface area contributed by atoms with Crippen molar-refractivity contribution in [2.75, 3.05) is 56.9 Å². The van der Waals surface area contributed by atoms with Gasteiger partial charge in [-0.3, -0.25) is 9.59 Å². The molecule has 0 bridgehead atoms. The molecule has 13 heteroatoms. The van der Waals surface area contributed by atoms with Gasteiger partial charge in [-0.25, -0.2) is 4.79 Å². The highest BCUT2D eigenvalue weighted by Gasteiger charge is 2.38. The predicted molar refractivity (Wildman–Crippen MR) is 174 cm³/mol. The second kappa shape index (κ2) is 13.9. The molecule has 3 N–H and O–H groups in total. The van der Waals surface area contributed by atoms with Gasteiger partial charge in [-0.15, -0.1) is 0 Å². The van der Waals surface area contributed by atoms with Gasteiger partial charge < -0.3 is 30.7 Å².